The molecule has 1 saturated heterocycles. The number of ether oxygens (including phenoxy) is 2. The smallest absolute Gasteiger partial charge is 0.248 e. The fourth-order valence-corrected chi connectivity index (χ4v) is 2.07. The Bertz CT molecular complexity index is 383. The molecule has 0 saturated carbocycles. The molecular weight excluding hydrogens is 232 g/mol. The topological polar surface area (TPSA) is 51.7 Å². The van der Waals surface area contributed by atoms with Gasteiger partial charge in [0.05, 0.1) is 12.7 Å². The zero-order valence-electron chi connectivity index (χ0n) is 10.5. The summed E-state index contributed by atoms with van der Waals surface area (Å²) in [7, 11) is 1.53. The van der Waals surface area contributed by atoms with Crippen LogP contribution in [0, 0.1) is 0 Å². The van der Waals surface area contributed by atoms with Gasteiger partial charge in [-0.25, -0.2) is 0 Å². The van der Waals surface area contributed by atoms with E-state index in [0.29, 0.717) is 19.7 Å². The normalized spacial score (nSPS) is 19.8. The van der Waals surface area contributed by atoms with Crippen molar-refractivity contribution in [1.82, 2.24) is 9.88 Å². The second-order valence-electron chi connectivity index (χ2n) is 4.33. The van der Waals surface area contributed by atoms with Crippen LogP contribution in [0.25, 0.3) is 0 Å². The summed E-state index contributed by atoms with van der Waals surface area (Å²) in [5.74, 6) is 0.0250. The first kappa shape index (κ1) is 13.0. The third-order valence-corrected chi connectivity index (χ3v) is 2.95. The molecule has 5 nitrogen and oxygen atoms in total. The highest BCUT2D eigenvalue weighted by atomic mass is 16.5. The molecule has 1 aliphatic rings. The third kappa shape index (κ3) is 3.51. The van der Waals surface area contributed by atoms with E-state index in [0.717, 1.165) is 12.0 Å². The standard InChI is InChI=1S/C13H18N2O3/c1-17-10-13(16)15-5-6-18-12(9-15)7-11-3-2-4-14-8-11/h2-4,8,12H,5-7,9-10H2,1H3/t12-/m0/s1. The van der Waals surface area contributed by atoms with Crippen molar-refractivity contribution in [1.29, 1.82) is 0 Å². The van der Waals surface area contributed by atoms with Crippen LogP contribution < -0.4 is 0 Å². The minimum atomic E-state index is 0.0250. The average molecular weight is 250 g/mol. The maximum Gasteiger partial charge on any atom is 0.248 e. The number of nitrogens with zero attached hydrogens (tertiary/aromatic N) is 2. The lowest BCUT2D eigenvalue weighted by atomic mass is 10.1. The first-order valence-electron chi connectivity index (χ1n) is 6.07. The zero-order chi connectivity index (χ0) is 12.8. The molecule has 1 aromatic rings. The summed E-state index contributed by atoms with van der Waals surface area (Å²) in [6.45, 7) is 1.99. The van der Waals surface area contributed by atoms with Gasteiger partial charge in [0, 0.05) is 39.0 Å². The number of pyridine rings is 1. The van der Waals surface area contributed by atoms with Gasteiger partial charge in [0.25, 0.3) is 0 Å². The number of aromatic nitrogens is 1. The monoisotopic (exact) mass is 250 g/mol. The molecule has 18 heavy (non-hydrogen) atoms. The van der Waals surface area contributed by atoms with Crippen LogP contribution in [0.2, 0.25) is 0 Å². The average Bonchev–Trinajstić information content (AvgIpc) is 2.40. The second-order valence-corrected chi connectivity index (χ2v) is 4.33. The van der Waals surface area contributed by atoms with Gasteiger partial charge in [-0.05, 0) is 11.6 Å². The van der Waals surface area contributed by atoms with Crippen LogP contribution in [0.4, 0.5) is 0 Å². The Balaban J connectivity index is 1.89. The largest absolute Gasteiger partial charge is 0.375 e. The number of hydrogen-bond acceptors (Lipinski definition) is 4. The van der Waals surface area contributed by atoms with Crippen molar-refractivity contribution in [2.45, 2.75) is 12.5 Å². The van der Waals surface area contributed by atoms with Crippen LogP contribution in [0.15, 0.2) is 24.5 Å². The lowest BCUT2D eigenvalue weighted by Crippen LogP contribution is -2.47. The van der Waals surface area contributed by atoms with Crippen molar-refractivity contribution in [3.63, 3.8) is 0 Å². The molecular formula is C13H18N2O3. The van der Waals surface area contributed by atoms with Crippen molar-refractivity contribution < 1.29 is 14.3 Å². The van der Waals surface area contributed by atoms with Crippen LogP contribution in [-0.2, 0) is 20.7 Å². The molecule has 1 amide bonds. The lowest BCUT2D eigenvalue weighted by molar-refractivity contribution is -0.142. The Labute approximate surface area is 107 Å². The van der Waals surface area contributed by atoms with E-state index in [4.69, 9.17) is 9.47 Å². The molecule has 1 fully saturated rings. The minimum Gasteiger partial charge on any atom is -0.375 e. The predicted molar refractivity (Wildman–Crippen MR) is 66.1 cm³/mol. The number of rotatable bonds is 4. The number of amides is 1. The molecule has 2 rings (SSSR count). The maximum absolute atomic E-state index is 11.7. The fraction of sp³-hybridized carbons (Fsp3) is 0.538. The molecule has 0 N–H and O–H groups in total. The number of morpholine rings is 1. The Morgan fingerprint density at radius 2 is 2.56 bits per heavy atom. The van der Waals surface area contributed by atoms with E-state index in [-0.39, 0.29) is 18.6 Å². The van der Waals surface area contributed by atoms with Gasteiger partial charge in [-0.2, -0.15) is 0 Å². The van der Waals surface area contributed by atoms with E-state index >= 15 is 0 Å². The van der Waals surface area contributed by atoms with Crippen molar-refractivity contribution in [3.8, 4) is 0 Å². The molecule has 5 heteroatoms. The van der Waals surface area contributed by atoms with E-state index in [1.807, 2.05) is 18.3 Å². The molecule has 1 aromatic heterocycles. The van der Waals surface area contributed by atoms with Gasteiger partial charge in [0.2, 0.25) is 5.91 Å². The van der Waals surface area contributed by atoms with Crippen LogP contribution in [0.3, 0.4) is 0 Å². The predicted octanol–water partition coefficient (Wildman–Crippen LogP) is 0.498. The summed E-state index contributed by atoms with van der Waals surface area (Å²) >= 11 is 0. The van der Waals surface area contributed by atoms with Gasteiger partial charge >= 0.3 is 0 Å². The molecule has 98 valence electrons. The first-order valence-corrected chi connectivity index (χ1v) is 6.07. The van der Waals surface area contributed by atoms with E-state index in [1.54, 1.807) is 11.1 Å². The maximum atomic E-state index is 11.7. The Kier molecular flexibility index (Phi) is 4.66. The lowest BCUT2D eigenvalue weighted by Gasteiger charge is -2.32. The summed E-state index contributed by atoms with van der Waals surface area (Å²) in [5, 5.41) is 0. The number of hydrogen-bond donors (Lipinski definition) is 0. The molecule has 0 bridgehead atoms. The van der Waals surface area contributed by atoms with Gasteiger partial charge < -0.3 is 14.4 Å². The first-order chi connectivity index (χ1) is 8.79. The summed E-state index contributed by atoms with van der Waals surface area (Å²) in [5.41, 5.74) is 1.13. The van der Waals surface area contributed by atoms with Crippen LogP contribution in [0.1, 0.15) is 5.56 Å². The minimum absolute atomic E-state index is 0.0250. The van der Waals surface area contributed by atoms with Gasteiger partial charge in [0.1, 0.15) is 6.61 Å². The van der Waals surface area contributed by atoms with Gasteiger partial charge in [-0.15, -0.1) is 0 Å². The van der Waals surface area contributed by atoms with Gasteiger partial charge in [-0.3, -0.25) is 9.78 Å². The van der Waals surface area contributed by atoms with Crippen LogP contribution >= 0.6 is 0 Å². The highest BCUT2D eigenvalue weighted by Crippen LogP contribution is 2.11. The van der Waals surface area contributed by atoms with E-state index in [2.05, 4.69) is 4.98 Å². The Morgan fingerprint density at radius 3 is 3.28 bits per heavy atom. The summed E-state index contributed by atoms with van der Waals surface area (Å²) in [6.07, 6.45) is 4.41. The van der Waals surface area contributed by atoms with Crippen molar-refractivity contribution in [2.75, 3.05) is 33.4 Å². The molecule has 0 aliphatic carbocycles. The van der Waals surface area contributed by atoms with Crippen LogP contribution in [0.5, 0.6) is 0 Å². The van der Waals surface area contributed by atoms with E-state index in [9.17, 15) is 4.79 Å². The SMILES string of the molecule is COCC(=O)N1CCO[C@@H](Cc2cccnc2)C1. The van der Waals surface area contributed by atoms with Crippen molar-refractivity contribution in [2.24, 2.45) is 0 Å². The molecule has 2 heterocycles. The molecule has 0 aromatic carbocycles. The Hall–Kier alpha value is -1.46. The summed E-state index contributed by atoms with van der Waals surface area (Å²) < 4.78 is 10.5. The van der Waals surface area contributed by atoms with E-state index in [1.165, 1.54) is 7.11 Å². The zero-order valence-corrected chi connectivity index (χ0v) is 10.5. The summed E-state index contributed by atoms with van der Waals surface area (Å²) in [4.78, 5) is 17.6. The molecule has 0 radical (unpaired) electrons. The van der Waals surface area contributed by atoms with Crippen LogP contribution in [-0.4, -0.2) is 55.3 Å². The number of carbonyl (C=O) groups is 1. The van der Waals surface area contributed by atoms with Gasteiger partial charge in [-0.1, -0.05) is 6.07 Å². The highest BCUT2D eigenvalue weighted by molar-refractivity contribution is 5.77. The quantitative estimate of drug-likeness (QED) is 0.780. The Morgan fingerprint density at radius 1 is 1.67 bits per heavy atom. The summed E-state index contributed by atoms with van der Waals surface area (Å²) in [6, 6.07) is 3.93. The van der Waals surface area contributed by atoms with Crippen molar-refractivity contribution >= 4 is 5.91 Å². The molecule has 0 spiro atoms. The van der Waals surface area contributed by atoms with Gasteiger partial charge in [0.15, 0.2) is 0 Å². The molecule has 1 aliphatic heterocycles. The molecule has 0 unspecified atom stereocenters. The molecule has 1 atom stereocenters. The number of methoxy groups -OCH3 is 1. The third-order valence-electron chi connectivity index (χ3n) is 2.95. The second kappa shape index (κ2) is 6.47. The van der Waals surface area contributed by atoms with E-state index < -0.39 is 0 Å². The fourth-order valence-electron chi connectivity index (χ4n) is 2.07. The number of carbonyl (C=O) groups excluding carboxylic acids is 1. The van der Waals surface area contributed by atoms with Crippen molar-refractivity contribution in [3.05, 3.63) is 30.1 Å². The highest BCUT2D eigenvalue weighted by Gasteiger charge is 2.24.